The molecule has 94 valence electrons. The van der Waals surface area contributed by atoms with Crippen LogP contribution >= 0.6 is 11.8 Å². The zero-order valence-electron chi connectivity index (χ0n) is 10.0. The van der Waals surface area contributed by atoms with Crippen LogP contribution in [0.25, 0.3) is 0 Å². The fraction of sp³-hybridized carbons (Fsp3) is 0.455. The van der Waals surface area contributed by atoms with E-state index in [0.29, 0.717) is 17.8 Å². The van der Waals surface area contributed by atoms with E-state index in [-0.39, 0.29) is 0 Å². The number of benzene rings is 1. The van der Waals surface area contributed by atoms with Crippen molar-refractivity contribution in [3.05, 3.63) is 23.8 Å². The van der Waals surface area contributed by atoms with Crippen LogP contribution in [0.15, 0.2) is 18.2 Å². The molecule has 0 heterocycles. The van der Waals surface area contributed by atoms with Crippen molar-refractivity contribution in [3.63, 3.8) is 0 Å². The highest BCUT2D eigenvalue weighted by molar-refractivity contribution is 7.98. The van der Waals surface area contributed by atoms with Crippen LogP contribution in [0, 0.1) is 0 Å². The predicted molar refractivity (Wildman–Crippen MR) is 70.9 cm³/mol. The number of ether oxygens (including phenoxy) is 2. The monoisotopic (exact) mass is 256 g/mol. The summed E-state index contributed by atoms with van der Waals surface area (Å²) >= 11 is 1.68. The molecule has 0 radical (unpaired) electrons. The Morgan fingerprint density at radius 2 is 2.06 bits per heavy atom. The molecule has 1 rings (SSSR count). The number of hydrogen-bond donors (Lipinski definition) is 2. The van der Waals surface area contributed by atoms with Crippen LogP contribution in [-0.4, -0.2) is 43.7 Å². The molecular weight excluding hydrogens is 239 g/mol. The average molecular weight is 256 g/mol. The zero-order valence-corrected chi connectivity index (χ0v) is 10.9. The molecule has 0 spiro atoms. The Morgan fingerprint density at radius 3 is 2.65 bits per heavy atom. The van der Waals surface area contributed by atoms with Gasteiger partial charge in [0.25, 0.3) is 0 Å². The van der Waals surface area contributed by atoms with Gasteiger partial charge in [0.1, 0.15) is 5.75 Å². The van der Waals surface area contributed by atoms with E-state index in [2.05, 4.69) is 0 Å². The number of methoxy groups -OCH3 is 2. The maximum absolute atomic E-state index is 9.25. The summed E-state index contributed by atoms with van der Waals surface area (Å²) in [6, 6.07) is 5.22. The van der Waals surface area contributed by atoms with Crippen LogP contribution in [0.2, 0.25) is 0 Å². The molecular formula is C11H17BO4S. The van der Waals surface area contributed by atoms with E-state index in [1.807, 2.05) is 6.07 Å². The molecule has 1 aromatic rings. The summed E-state index contributed by atoms with van der Waals surface area (Å²) in [4.78, 5) is 0. The van der Waals surface area contributed by atoms with Crippen LogP contribution in [0.5, 0.6) is 5.75 Å². The van der Waals surface area contributed by atoms with Gasteiger partial charge in [0.15, 0.2) is 0 Å². The van der Waals surface area contributed by atoms with Crippen LogP contribution in [0.1, 0.15) is 5.56 Å². The minimum absolute atomic E-state index is 0.524. The zero-order chi connectivity index (χ0) is 12.7. The molecule has 0 saturated carbocycles. The van der Waals surface area contributed by atoms with Gasteiger partial charge in [-0.1, -0.05) is 6.07 Å². The lowest BCUT2D eigenvalue weighted by molar-refractivity contribution is 0.218. The van der Waals surface area contributed by atoms with Crippen LogP contribution < -0.4 is 10.2 Å². The Morgan fingerprint density at radius 1 is 1.29 bits per heavy atom. The smallest absolute Gasteiger partial charge is 0.488 e. The third-order valence-electron chi connectivity index (χ3n) is 2.32. The summed E-state index contributed by atoms with van der Waals surface area (Å²) in [5.41, 5.74) is 1.40. The Labute approximate surface area is 106 Å². The molecule has 17 heavy (non-hydrogen) atoms. The highest BCUT2D eigenvalue weighted by Gasteiger charge is 2.16. The molecule has 4 nitrogen and oxygen atoms in total. The second-order valence-corrected chi connectivity index (χ2v) is 4.59. The molecule has 2 N–H and O–H groups in total. The standard InChI is InChI=1S/C11H17BO4S/c1-15-5-6-17-8-9-7-10(16-2)3-4-11(9)12(13)14/h3-4,7,13-14H,5-6,8H2,1-2H3. The van der Waals surface area contributed by atoms with Crippen molar-refractivity contribution in [1.82, 2.24) is 0 Å². The van der Waals surface area contributed by atoms with Gasteiger partial charge in [-0.25, -0.2) is 0 Å². The summed E-state index contributed by atoms with van der Waals surface area (Å²) in [5.74, 6) is 2.29. The van der Waals surface area contributed by atoms with E-state index < -0.39 is 7.12 Å². The van der Waals surface area contributed by atoms with Gasteiger partial charge in [-0.05, 0) is 23.2 Å². The fourth-order valence-electron chi connectivity index (χ4n) is 1.41. The molecule has 0 aromatic heterocycles. The topological polar surface area (TPSA) is 58.9 Å². The van der Waals surface area contributed by atoms with Gasteiger partial charge >= 0.3 is 7.12 Å². The van der Waals surface area contributed by atoms with Crippen molar-refractivity contribution in [2.75, 3.05) is 26.6 Å². The maximum atomic E-state index is 9.25. The third-order valence-corrected chi connectivity index (χ3v) is 3.29. The van der Waals surface area contributed by atoms with Crippen molar-refractivity contribution in [2.45, 2.75) is 5.75 Å². The van der Waals surface area contributed by atoms with Crippen LogP contribution in [0.4, 0.5) is 0 Å². The molecule has 0 fully saturated rings. The van der Waals surface area contributed by atoms with Crippen molar-refractivity contribution in [1.29, 1.82) is 0 Å². The fourth-order valence-corrected chi connectivity index (χ4v) is 2.31. The lowest BCUT2D eigenvalue weighted by Crippen LogP contribution is -2.32. The summed E-state index contributed by atoms with van der Waals surface area (Å²) in [7, 11) is 1.81. The van der Waals surface area contributed by atoms with E-state index in [4.69, 9.17) is 9.47 Å². The number of rotatable bonds is 7. The van der Waals surface area contributed by atoms with Crippen LogP contribution in [0.3, 0.4) is 0 Å². The number of hydrogen-bond acceptors (Lipinski definition) is 5. The Balaban J connectivity index is 2.71. The van der Waals surface area contributed by atoms with E-state index >= 15 is 0 Å². The molecule has 0 aliphatic carbocycles. The van der Waals surface area contributed by atoms with Crippen molar-refractivity contribution >= 4 is 24.3 Å². The highest BCUT2D eigenvalue weighted by atomic mass is 32.2. The largest absolute Gasteiger partial charge is 0.497 e. The van der Waals surface area contributed by atoms with E-state index in [9.17, 15) is 10.0 Å². The SMILES string of the molecule is COCCSCc1cc(OC)ccc1B(O)O. The van der Waals surface area contributed by atoms with Crippen molar-refractivity contribution in [3.8, 4) is 5.75 Å². The van der Waals surface area contributed by atoms with Gasteiger partial charge in [0, 0.05) is 18.6 Å². The number of thioether (sulfide) groups is 1. The predicted octanol–water partition coefficient (Wildman–Crippen LogP) is 0.255. The van der Waals surface area contributed by atoms with Gasteiger partial charge in [-0.2, -0.15) is 11.8 Å². The first-order valence-electron chi connectivity index (χ1n) is 5.28. The van der Waals surface area contributed by atoms with Gasteiger partial charge < -0.3 is 19.5 Å². The molecule has 0 atom stereocenters. The first-order chi connectivity index (χ1) is 8.19. The maximum Gasteiger partial charge on any atom is 0.488 e. The first-order valence-corrected chi connectivity index (χ1v) is 6.44. The third kappa shape index (κ3) is 4.59. The lowest BCUT2D eigenvalue weighted by atomic mass is 9.77. The van der Waals surface area contributed by atoms with Gasteiger partial charge in [-0.3, -0.25) is 0 Å². The van der Waals surface area contributed by atoms with Gasteiger partial charge in [0.2, 0.25) is 0 Å². The van der Waals surface area contributed by atoms with E-state index in [1.165, 1.54) is 0 Å². The average Bonchev–Trinajstić information content (AvgIpc) is 2.34. The molecule has 1 aromatic carbocycles. The quantitative estimate of drug-likeness (QED) is 0.541. The summed E-state index contributed by atoms with van der Waals surface area (Å²) in [5, 5.41) is 18.5. The second kappa shape index (κ2) is 7.60. The molecule has 0 unspecified atom stereocenters. The molecule has 0 aliphatic rings. The second-order valence-electron chi connectivity index (χ2n) is 3.48. The molecule has 6 heteroatoms. The van der Waals surface area contributed by atoms with Gasteiger partial charge in [-0.15, -0.1) is 0 Å². The minimum atomic E-state index is -1.45. The Bertz CT molecular complexity index is 346. The lowest BCUT2D eigenvalue weighted by Gasteiger charge is -2.10. The van der Waals surface area contributed by atoms with E-state index in [1.54, 1.807) is 38.1 Å². The van der Waals surface area contributed by atoms with Crippen molar-refractivity contribution < 1.29 is 19.5 Å². The molecule has 0 amide bonds. The first kappa shape index (κ1) is 14.4. The van der Waals surface area contributed by atoms with Gasteiger partial charge in [0.05, 0.1) is 13.7 Å². The van der Waals surface area contributed by atoms with E-state index in [0.717, 1.165) is 17.1 Å². The van der Waals surface area contributed by atoms with Crippen LogP contribution in [-0.2, 0) is 10.5 Å². The highest BCUT2D eigenvalue weighted by Crippen LogP contribution is 2.16. The molecule has 0 saturated heterocycles. The Kier molecular flexibility index (Phi) is 6.43. The normalized spacial score (nSPS) is 10.4. The molecule has 0 bridgehead atoms. The minimum Gasteiger partial charge on any atom is -0.497 e. The molecule has 0 aliphatic heterocycles. The Hall–Kier alpha value is -0.685. The summed E-state index contributed by atoms with van der Waals surface area (Å²) in [6.45, 7) is 0.686. The summed E-state index contributed by atoms with van der Waals surface area (Å²) < 4.78 is 10.1. The summed E-state index contributed by atoms with van der Waals surface area (Å²) in [6.07, 6.45) is 0. The van der Waals surface area contributed by atoms with Crippen molar-refractivity contribution in [2.24, 2.45) is 0 Å².